The van der Waals surface area contributed by atoms with Crippen LogP contribution in [-0.4, -0.2) is 45.7 Å². The summed E-state index contributed by atoms with van der Waals surface area (Å²) >= 11 is 0. The van der Waals surface area contributed by atoms with Crippen molar-refractivity contribution in [2.24, 2.45) is 0 Å². The molecule has 35 heavy (non-hydrogen) atoms. The van der Waals surface area contributed by atoms with Gasteiger partial charge in [0.15, 0.2) is 6.20 Å². The Morgan fingerprint density at radius 1 is 0.971 bits per heavy atom. The van der Waals surface area contributed by atoms with E-state index >= 15 is 0 Å². The van der Waals surface area contributed by atoms with Crippen LogP contribution in [0.2, 0.25) is 0 Å². The van der Waals surface area contributed by atoms with Gasteiger partial charge in [-0.25, -0.2) is 0 Å². The summed E-state index contributed by atoms with van der Waals surface area (Å²) in [5.41, 5.74) is 4.74. The van der Waals surface area contributed by atoms with Gasteiger partial charge in [0.05, 0.1) is 38.0 Å². The lowest BCUT2D eigenvalue weighted by Crippen LogP contribution is -2.36. The minimum Gasteiger partial charge on any atom is -0.378 e. The number of aryl methyl sites for hydroxylation is 1. The number of anilines is 1. The zero-order valence-electron chi connectivity index (χ0n) is 20.8. The number of pyridine rings is 1. The fourth-order valence-electron chi connectivity index (χ4n) is 4.45. The van der Waals surface area contributed by atoms with E-state index in [1.54, 1.807) is 0 Å². The highest BCUT2D eigenvalue weighted by atomic mass is 31.2. The van der Waals surface area contributed by atoms with Gasteiger partial charge in [-0.1, -0.05) is 36.4 Å². The third kappa shape index (κ3) is 6.80. The average Bonchev–Trinajstić information content (AvgIpc) is 2.89. The Hall–Kier alpha value is -2.50. The largest absolute Gasteiger partial charge is 0.378 e. The number of nitrogens with zero attached hydrogens (tertiary/aromatic N) is 2. The third-order valence-electron chi connectivity index (χ3n) is 6.17. The third-order valence-corrected chi connectivity index (χ3v) is 8.33. The normalized spacial score (nSPS) is 14.7. The van der Waals surface area contributed by atoms with E-state index in [1.165, 1.54) is 22.2 Å². The molecule has 0 amide bonds. The first-order chi connectivity index (χ1) is 17.1. The molecular formula is C28H36N2O4P+. The Balaban J connectivity index is 1.46. The van der Waals surface area contributed by atoms with Crippen LogP contribution in [0.15, 0.2) is 60.8 Å². The van der Waals surface area contributed by atoms with Crippen LogP contribution in [0.25, 0.3) is 23.1 Å². The van der Waals surface area contributed by atoms with Crippen LogP contribution >= 0.6 is 7.60 Å². The molecule has 1 saturated heterocycles. The molecule has 1 aliphatic rings. The molecule has 186 valence electrons. The molecule has 0 N–H and O–H groups in total. The van der Waals surface area contributed by atoms with Crippen molar-refractivity contribution in [2.75, 3.05) is 50.6 Å². The van der Waals surface area contributed by atoms with E-state index in [0.717, 1.165) is 44.8 Å². The van der Waals surface area contributed by atoms with Crippen LogP contribution in [0.5, 0.6) is 0 Å². The summed E-state index contributed by atoms with van der Waals surface area (Å²) in [6.07, 6.45) is 7.58. The lowest BCUT2D eigenvalue weighted by Gasteiger charge is -2.28. The summed E-state index contributed by atoms with van der Waals surface area (Å²) in [7, 11) is -3.02. The van der Waals surface area contributed by atoms with Gasteiger partial charge in [0.1, 0.15) is 6.54 Å². The zero-order chi connectivity index (χ0) is 24.5. The van der Waals surface area contributed by atoms with Crippen LogP contribution < -0.4 is 9.47 Å². The first-order valence-corrected chi connectivity index (χ1v) is 14.2. The van der Waals surface area contributed by atoms with Crippen molar-refractivity contribution in [1.82, 2.24) is 0 Å². The quantitative estimate of drug-likeness (QED) is 0.249. The Bertz CT molecular complexity index is 1160. The van der Waals surface area contributed by atoms with Crippen LogP contribution in [-0.2, 0) is 24.9 Å². The van der Waals surface area contributed by atoms with E-state index in [0.29, 0.717) is 19.4 Å². The molecule has 1 fully saturated rings. The second-order valence-corrected chi connectivity index (χ2v) is 10.7. The lowest BCUT2D eigenvalue weighted by molar-refractivity contribution is -0.671. The number of hydrogen-bond acceptors (Lipinski definition) is 5. The van der Waals surface area contributed by atoms with Gasteiger partial charge in [-0.2, -0.15) is 4.57 Å². The van der Waals surface area contributed by atoms with Gasteiger partial charge in [-0.3, -0.25) is 4.57 Å². The number of benzene rings is 2. The van der Waals surface area contributed by atoms with Gasteiger partial charge in [-0.05, 0) is 43.2 Å². The Labute approximate surface area is 208 Å². The van der Waals surface area contributed by atoms with Crippen molar-refractivity contribution in [3.63, 3.8) is 0 Å². The predicted molar refractivity (Wildman–Crippen MR) is 143 cm³/mol. The number of hydrogen-bond donors (Lipinski definition) is 0. The first kappa shape index (κ1) is 25.6. The fraction of sp³-hybridized carbons (Fsp3) is 0.393. The van der Waals surface area contributed by atoms with Crippen LogP contribution in [0.1, 0.15) is 31.4 Å². The van der Waals surface area contributed by atoms with E-state index < -0.39 is 7.60 Å². The average molecular weight is 496 g/mol. The van der Waals surface area contributed by atoms with Crippen LogP contribution in [0, 0.1) is 0 Å². The maximum atomic E-state index is 12.8. The molecular weight excluding hydrogens is 459 g/mol. The monoisotopic (exact) mass is 495 g/mol. The van der Waals surface area contributed by atoms with Crippen LogP contribution in [0.3, 0.4) is 0 Å². The van der Waals surface area contributed by atoms with E-state index in [-0.39, 0.29) is 0 Å². The number of rotatable bonds is 11. The molecule has 0 radical (unpaired) electrons. The van der Waals surface area contributed by atoms with E-state index in [2.05, 4.69) is 82.4 Å². The summed E-state index contributed by atoms with van der Waals surface area (Å²) in [6.45, 7) is 8.70. The maximum Gasteiger partial charge on any atom is 0.330 e. The Morgan fingerprint density at radius 2 is 1.69 bits per heavy atom. The SMILES string of the molecule is CCOP(=O)(CCC[n+]1ccc(C=Cc2ccc(N3CCOCC3)cc2)c2ccccc21)OCC. The molecule has 3 aromatic rings. The van der Waals surface area contributed by atoms with E-state index in [9.17, 15) is 4.57 Å². The summed E-state index contributed by atoms with van der Waals surface area (Å²) in [5.74, 6) is 0. The highest BCUT2D eigenvalue weighted by Gasteiger charge is 2.24. The Kier molecular flexibility index (Phi) is 9.11. The topological polar surface area (TPSA) is 51.9 Å². The molecule has 2 aromatic carbocycles. The van der Waals surface area contributed by atoms with Crippen molar-refractivity contribution in [2.45, 2.75) is 26.8 Å². The minimum absolute atomic E-state index is 0.393. The van der Waals surface area contributed by atoms with Crippen molar-refractivity contribution in [3.05, 3.63) is 71.9 Å². The molecule has 0 atom stereocenters. The van der Waals surface area contributed by atoms with Gasteiger partial charge < -0.3 is 18.7 Å². The number of ether oxygens (including phenoxy) is 1. The summed E-state index contributed by atoms with van der Waals surface area (Å²) in [4.78, 5) is 2.36. The van der Waals surface area contributed by atoms with Gasteiger partial charge in [-0.15, -0.1) is 0 Å². The van der Waals surface area contributed by atoms with Gasteiger partial charge in [0.25, 0.3) is 0 Å². The summed E-state index contributed by atoms with van der Waals surface area (Å²) in [6, 6.07) is 19.3. The number of aromatic nitrogens is 1. The summed E-state index contributed by atoms with van der Waals surface area (Å²) < 4.78 is 31.3. The molecule has 4 rings (SSSR count). The lowest BCUT2D eigenvalue weighted by atomic mass is 10.1. The van der Waals surface area contributed by atoms with E-state index in [1.807, 2.05) is 13.8 Å². The first-order valence-electron chi connectivity index (χ1n) is 12.5. The molecule has 1 aliphatic heterocycles. The highest BCUT2D eigenvalue weighted by molar-refractivity contribution is 7.53. The minimum atomic E-state index is -3.02. The molecule has 0 aliphatic carbocycles. The molecule has 2 heterocycles. The molecule has 6 nitrogen and oxygen atoms in total. The predicted octanol–water partition coefficient (Wildman–Crippen LogP) is 5.79. The second kappa shape index (κ2) is 12.5. The highest BCUT2D eigenvalue weighted by Crippen LogP contribution is 2.48. The fourth-order valence-corrected chi connectivity index (χ4v) is 6.10. The smallest absolute Gasteiger partial charge is 0.330 e. The van der Waals surface area contributed by atoms with Crippen molar-refractivity contribution >= 4 is 36.3 Å². The number of morpholine rings is 1. The molecule has 7 heteroatoms. The maximum absolute atomic E-state index is 12.8. The molecule has 1 aromatic heterocycles. The van der Waals surface area contributed by atoms with Gasteiger partial charge in [0.2, 0.25) is 5.52 Å². The number of fused-ring (bicyclic) bond motifs is 1. The van der Waals surface area contributed by atoms with Crippen molar-refractivity contribution in [1.29, 1.82) is 0 Å². The summed E-state index contributed by atoms with van der Waals surface area (Å²) in [5, 5.41) is 1.19. The standard InChI is InChI=1S/C28H36N2O4P/c1-3-33-35(31,34-4-2)23-7-17-30-18-16-25(27-8-5-6-9-28(27)30)13-10-24-11-14-26(15-12-24)29-19-21-32-22-20-29/h5-6,8-16,18H,3-4,7,17,19-23H2,1-2H3/q+1. The van der Waals surface area contributed by atoms with Gasteiger partial charge >= 0.3 is 7.60 Å². The molecule has 0 unspecified atom stereocenters. The van der Waals surface area contributed by atoms with Crippen molar-refractivity contribution in [3.8, 4) is 0 Å². The van der Waals surface area contributed by atoms with Gasteiger partial charge in [0, 0.05) is 37.3 Å². The zero-order valence-corrected chi connectivity index (χ0v) is 21.7. The second-order valence-electron chi connectivity index (χ2n) is 8.53. The molecule has 0 spiro atoms. The Morgan fingerprint density at radius 3 is 2.40 bits per heavy atom. The molecule has 0 bridgehead atoms. The van der Waals surface area contributed by atoms with E-state index in [4.69, 9.17) is 13.8 Å². The van der Waals surface area contributed by atoms with Crippen LogP contribution in [0.4, 0.5) is 5.69 Å². The number of para-hydroxylation sites is 1. The van der Waals surface area contributed by atoms with Crippen molar-refractivity contribution < 1.29 is 22.9 Å². The molecule has 0 saturated carbocycles.